The highest BCUT2D eigenvalue weighted by molar-refractivity contribution is 7.94. The number of allylic oxidation sites excluding steroid dienone is 5. The van der Waals surface area contributed by atoms with Crippen LogP contribution in [-0.4, -0.2) is 75.0 Å². The van der Waals surface area contributed by atoms with Crippen molar-refractivity contribution in [2.24, 2.45) is 4.99 Å². The van der Waals surface area contributed by atoms with E-state index in [1.54, 1.807) is 45.9 Å². The fraction of sp³-hybridized carbons (Fsp3) is 0.324. The van der Waals surface area contributed by atoms with Crippen molar-refractivity contribution in [2.45, 2.75) is 65.7 Å². The molecule has 17 heteroatoms. The Balaban J connectivity index is 0.000000507. The number of sulfonamides is 1. The first-order chi connectivity index (χ1) is 25.3. The number of nitrogens with zero attached hydrogens (tertiary/aromatic N) is 1. The molecule has 2 heterocycles. The molecule has 5 N–H and O–H groups in total. The number of aliphatic carboxylic acids is 1. The number of halogens is 3. The van der Waals surface area contributed by atoms with E-state index in [1.165, 1.54) is 0 Å². The number of carboxylic acids is 1. The molecule has 0 bridgehead atoms. The average Bonchev–Trinajstić information content (AvgIpc) is 3.41. The summed E-state index contributed by atoms with van der Waals surface area (Å²) in [6.45, 7) is 13.2. The van der Waals surface area contributed by atoms with Crippen LogP contribution < -0.4 is 20.7 Å². The Bertz CT molecular complexity index is 1860. The molecule has 2 aromatic carbocycles. The summed E-state index contributed by atoms with van der Waals surface area (Å²) in [5.41, 5.74) is 3.82. The molecule has 1 unspecified atom stereocenters. The number of nitrogens with one attached hydrogen (secondary N) is 4. The van der Waals surface area contributed by atoms with Crippen LogP contribution in [0.1, 0.15) is 45.7 Å². The van der Waals surface area contributed by atoms with Crippen LogP contribution >= 0.6 is 0 Å². The van der Waals surface area contributed by atoms with Gasteiger partial charge in [0.2, 0.25) is 5.91 Å². The van der Waals surface area contributed by atoms with Gasteiger partial charge in [-0.3, -0.25) is 19.0 Å². The largest absolute Gasteiger partial charge is 0.477 e. The molecule has 0 fully saturated rings. The summed E-state index contributed by atoms with van der Waals surface area (Å²) in [7, 11) is -3.15. The Morgan fingerprint density at radius 2 is 1.63 bits per heavy atom. The molecule has 2 aliphatic rings. The van der Waals surface area contributed by atoms with E-state index in [0.29, 0.717) is 31.6 Å². The van der Waals surface area contributed by atoms with Crippen molar-refractivity contribution in [3.05, 3.63) is 113 Å². The van der Waals surface area contributed by atoms with E-state index < -0.39 is 46.1 Å². The first-order valence-electron chi connectivity index (χ1n) is 16.2. The van der Waals surface area contributed by atoms with E-state index in [0.717, 1.165) is 28.5 Å². The fourth-order valence-electron chi connectivity index (χ4n) is 4.20. The zero-order chi connectivity index (χ0) is 41.1. The number of benzene rings is 2. The number of anilines is 1. The molecule has 2 aliphatic heterocycles. The number of amides is 3. The number of alkyl halides is 3. The lowest BCUT2D eigenvalue weighted by Gasteiger charge is -2.24. The third-order valence-electron chi connectivity index (χ3n) is 6.74. The molecule has 1 atom stereocenters. The maximum Gasteiger partial charge on any atom is 0.408 e. The standard InChI is InChI=1S/C23H28N4O3.C11H13NO3S.C2H2F2O2.CH3F/c1-23(2,3)30-22(29)27-19(13-16-9-5-4-6-10-16)21(28)25-15-20-24-14-17-11-7-8-12-18(17)26-20;1-4-8(2)5-6-9(3)10-7-11(13)12-16(10,14)15;3-1(4)2(5)6;1-2/h4-12,19H,13-15H2,1-3H3,(H,24,26)(H,25,28)(H,27,29);4-7H,1H2,2-3H3,(H,12,13);1H,(H,5,6);1H3/b;8-5-,9-6+;;. The number of carbonyl (C=O) groups excluding carboxylic acids is 3. The highest BCUT2D eigenvalue weighted by Gasteiger charge is 2.28. The summed E-state index contributed by atoms with van der Waals surface area (Å²) in [4.78, 5) is 49.5. The summed E-state index contributed by atoms with van der Waals surface area (Å²) in [6.07, 6.45) is 2.62. The second kappa shape index (κ2) is 22.4. The predicted octanol–water partition coefficient (Wildman–Crippen LogP) is 5.59. The summed E-state index contributed by atoms with van der Waals surface area (Å²) in [5.74, 6) is -2.30. The van der Waals surface area contributed by atoms with E-state index in [2.05, 4.69) is 27.5 Å². The molecular formula is C37H46F3N5O8S. The van der Waals surface area contributed by atoms with Crippen LogP contribution in [0.5, 0.6) is 0 Å². The maximum atomic E-state index is 12.9. The van der Waals surface area contributed by atoms with Gasteiger partial charge in [-0.15, -0.1) is 0 Å². The van der Waals surface area contributed by atoms with Crippen molar-refractivity contribution in [3.63, 3.8) is 0 Å². The van der Waals surface area contributed by atoms with E-state index in [-0.39, 0.29) is 17.4 Å². The lowest BCUT2D eigenvalue weighted by atomic mass is 10.1. The van der Waals surface area contributed by atoms with Crippen molar-refractivity contribution in [1.82, 2.24) is 15.4 Å². The lowest BCUT2D eigenvalue weighted by Crippen LogP contribution is -2.50. The maximum absolute atomic E-state index is 12.9. The number of carbonyl (C=O) groups is 4. The molecule has 2 aromatic rings. The minimum Gasteiger partial charge on any atom is -0.477 e. The number of aliphatic imine (C=N–C) groups is 1. The zero-order valence-electron chi connectivity index (χ0n) is 30.8. The van der Waals surface area contributed by atoms with Crippen LogP contribution in [0.25, 0.3) is 0 Å². The molecule has 54 heavy (non-hydrogen) atoms. The van der Waals surface area contributed by atoms with E-state index in [1.807, 2.05) is 66.2 Å². The number of alkyl carbamates (subject to hydrolysis) is 1. The minimum atomic E-state index is -3.65. The molecule has 0 saturated heterocycles. The van der Waals surface area contributed by atoms with Gasteiger partial charge in [0.25, 0.3) is 15.9 Å². The van der Waals surface area contributed by atoms with Gasteiger partial charge >= 0.3 is 18.5 Å². The van der Waals surface area contributed by atoms with Crippen LogP contribution in [0.3, 0.4) is 0 Å². The van der Waals surface area contributed by atoms with Crippen LogP contribution in [-0.2, 0) is 42.1 Å². The predicted molar refractivity (Wildman–Crippen MR) is 201 cm³/mol. The molecule has 0 aliphatic carbocycles. The summed E-state index contributed by atoms with van der Waals surface area (Å²) in [5, 5.41) is 16.0. The van der Waals surface area contributed by atoms with E-state index in [9.17, 15) is 36.0 Å². The zero-order valence-corrected chi connectivity index (χ0v) is 31.6. The Hall–Kier alpha value is -5.71. The van der Waals surface area contributed by atoms with Gasteiger partial charge in [-0.1, -0.05) is 78.9 Å². The lowest BCUT2D eigenvalue weighted by molar-refractivity contribution is -0.149. The monoisotopic (exact) mass is 777 g/mol. The second-order valence-corrected chi connectivity index (χ2v) is 13.9. The van der Waals surface area contributed by atoms with Crippen molar-refractivity contribution < 1.29 is 50.6 Å². The number of amidine groups is 1. The van der Waals surface area contributed by atoms with Crippen LogP contribution in [0, 0.1) is 0 Å². The molecule has 0 radical (unpaired) electrons. The molecule has 0 aromatic heterocycles. The second-order valence-electron chi connectivity index (χ2n) is 12.2. The van der Waals surface area contributed by atoms with Gasteiger partial charge in [-0.05, 0) is 57.4 Å². The Kier molecular flexibility index (Phi) is 19.2. The third kappa shape index (κ3) is 17.2. The fourth-order valence-corrected chi connectivity index (χ4v) is 5.39. The number of ether oxygens (including phenoxy) is 1. The Labute approximate surface area is 313 Å². The number of para-hydroxylation sites is 1. The topological polar surface area (TPSA) is 192 Å². The van der Waals surface area contributed by atoms with Gasteiger partial charge in [0.05, 0.1) is 25.2 Å². The van der Waals surface area contributed by atoms with Crippen molar-refractivity contribution in [3.8, 4) is 0 Å². The van der Waals surface area contributed by atoms with Gasteiger partial charge in [-0.25, -0.2) is 22.7 Å². The first kappa shape index (κ1) is 46.3. The summed E-state index contributed by atoms with van der Waals surface area (Å²) >= 11 is 0. The van der Waals surface area contributed by atoms with Crippen molar-refractivity contribution >= 4 is 45.4 Å². The quantitative estimate of drug-likeness (QED) is 0.191. The highest BCUT2D eigenvalue weighted by atomic mass is 32.2. The van der Waals surface area contributed by atoms with Crippen molar-refractivity contribution in [2.75, 3.05) is 19.0 Å². The van der Waals surface area contributed by atoms with E-state index in [4.69, 9.17) is 14.6 Å². The van der Waals surface area contributed by atoms with Gasteiger partial charge < -0.3 is 25.8 Å². The molecule has 4 rings (SSSR count). The molecule has 13 nitrogen and oxygen atoms in total. The number of fused-ring (bicyclic) bond motifs is 1. The SMILES string of the molecule is C=C/C(C)=C\C=C(/C)C1=CC(=O)NS1(=O)=O.CC(C)(C)OC(=O)NC(Cc1ccccc1)C(=O)NCC1=NCc2ccccc2N1.CF.O=C(O)C(F)F. The van der Waals surface area contributed by atoms with Gasteiger partial charge in [-0.2, -0.15) is 8.78 Å². The number of carboxylic acid groups (broad SMARTS) is 1. The third-order valence-corrected chi connectivity index (χ3v) is 8.23. The number of hydrogen-bond donors (Lipinski definition) is 5. The van der Waals surface area contributed by atoms with Gasteiger partial charge in [0.1, 0.15) is 17.5 Å². The average molecular weight is 778 g/mol. The van der Waals surface area contributed by atoms with Crippen LogP contribution in [0.4, 0.5) is 23.7 Å². The van der Waals surface area contributed by atoms with Gasteiger partial charge in [0, 0.05) is 18.2 Å². The first-order valence-corrected chi connectivity index (χ1v) is 17.6. The Morgan fingerprint density at radius 1 is 1.04 bits per heavy atom. The minimum absolute atomic E-state index is 0.0191. The van der Waals surface area contributed by atoms with Crippen molar-refractivity contribution in [1.29, 1.82) is 0 Å². The number of rotatable bonds is 10. The highest BCUT2D eigenvalue weighted by Crippen LogP contribution is 2.21. The smallest absolute Gasteiger partial charge is 0.408 e. The molecule has 3 amide bonds. The number of hydrogen-bond acceptors (Lipinski definition) is 9. The Morgan fingerprint density at radius 3 is 2.17 bits per heavy atom. The van der Waals surface area contributed by atoms with E-state index >= 15 is 0 Å². The molecule has 294 valence electrons. The normalized spacial score (nSPS) is 14.9. The molecule has 0 spiro atoms. The van der Waals surface area contributed by atoms with Crippen LogP contribution in [0.15, 0.2) is 107 Å². The molecule has 0 saturated carbocycles. The summed E-state index contributed by atoms with van der Waals surface area (Å²) in [6, 6.07) is 16.7. The molecular weight excluding hydrogens is 731 g/mol. The van der Waals surface area contributed by atoms with Crippen LogP contribution in [0.2, 0.25) is 0 Å². The van der Waals surface area contributed by atoms with Gasteiger partial charge in [0.15, 0.2) is 0 Å². The summed E-state index contributed by atoms with van der Waals surface area (Å²) < 4.78 is 60.7.